The van der Waals surface area contributed by atoms with Crippen molar-refractivity contribution in [2.75, 3.05) is 0 Å². The van der Waals surface area contributed by atoms with Gasteiger partial charge in [-0.1, -0.05) is 19.9 Å². The van der Waals surface area contributed by atoms with Gasteiger partial charge in [0.1, 0.15) is 0 Å². The van der Waals surface area contributed by atoms with Crippen LogP contribution in [-0.2, 0) is 9.05 Å². The van der Waals surface area contributed by atoms with Crippen LogP contribution in [0.25, 0.3) is 0 Å². The lowest BCUT2D eigenvalue weighted by atomic mass is 9.81. The van der Waals surface area contributed by atoms with Crippen molar-refractivity contribution in [3.8, 4) is 0 Å². The summed E-state index contributed by atoms with van der Waals surface area (Å²) in [5.74, 6) is 0. The van der Waals surface area contributed by atoms with Crippen LogP contribution in [-0.4, -0.2) is 13.2 Å². The highest BCUT2D eigenvalue weighted by Gasteiger charge is 2.37. The Hall–Kier alpha value is -0.0200. The second kappa shape index (κ2) is 4.23. The first-order valence-electron chi connectivity index (χ1n) is 4.57. The average Bonchev–Trinajstić information content (AvgIpc) is 1.80. The predicted octanol–water partition coefficient (Wildman–Crippen LogP) is 3.33. The molecule has 0 saturated carbocycles. The van der Waals surface area contributed by atoms with Gasteiger partial charge in [-0.15, -0.1) is 6.58 Å². The van der Waals surface area contributed by atoms with Gasteiger partial charge in [0.2, 0.25) is 9.05 Å². The Morgan fingerprint density at radius 3 is 2.00 bits per heavy atom. The smallest absolute Gasteiger partial charge is 0.212 e. The van der Waals surface area contributed by atoms with Gasteiger partial charge in [0, 0.05) is 10.7 Å². The Morgan fingerprint density at radius 2 is 1.71 bits per heavy atom. The topological polar surface area (TPSA) is 34.1 Å². The van der Waals surface area contributed by atoms with Gasteiger partial charge in [-0.25, -0.2) is 8.42 Å². The monoisotopic (exact) mass is 238 g/mol. The predicted molar refractivity (Wildman–Crippen MR) is 62.1 cm³/mol. The number of hydrogen-bond acceptors (Lipinski definition) is 2. The molecular formula is C10H19ClO2S. The Bertz CT molecular complexity index is 302. The molecule has 2 nitrogen and oxygen atoms in total. The van der Waals surface area contributed by atoms with Gasteiger partial charge in [0.25, 0.3) is 0 Å². The second-order valence-corrected chi connectivity index (χ2v) is 8.23. The van der Waals surface area contributed by atoms with E-state index in [1.54, 1.807) is 19.9 Å². The average molecular weight is 239 g/mol. The summed E-state index contributed by atoms with van der Waals surface area (Å²) in [5.41, 5.74) is -0.0901. The Labute approximate surface area is 91.8 Å². The molecule has 0 fully saturated rings. The first-order chi connectivity index (χ1) is 6.02. The summed E-state index contributed by atoms with van der Waals surface area (Å²) < 4.78 is 21.7. The van der Waals surface area contributed by atoms with E-state index in [2.05, 4.69) is 6.58 Å². The van der Waals surface area contributed by atoms with Gasteiger partial charge in [-0.3, -0.25) is 0 Å². The molecule has 0 atom stereocenters. The lowest BCUT2D eigenvalue weighted by Crippen LogP contribution is -2.33. The van der Waals surface area contributed by atoms with E-state index in [9.17, 15) is 8.42 Å². The van der Waals surface area contributed by atoms with E-state index in [1.165, 1.54) is 0 Å². The third-order valence-corrected chi connectivity index (χ3v) is 4.98. The lowest BCUT2D eigenvalue weighted by Gasteiger charge is -2.31. The Kier molecular flexibility index (Phi) is 4.23. The first-order valence-corrected chi connectivity index (χ1v) is 6.88. The van der Waals surface area contributed by atoms with Crippen molar-refractivity contribution in [2.24, 2.45) is 5.41 Å². The van der Waals surface area contributed by atoms with Gasteiger partial charge in [0.15, 0.2) is 0 Å². The quantitative estimate of drug-likeness (QED) is 0.544. The van der Waals surface area contributed by atoms with Gasteiger partial charge in [-0.05, 0) is 32.1 Å². The Balaban J connectivity index is 4.75. The van der Waals surface area contributed by atoms with Crippen LogP contribution >= 0.6 is 10.7 Å². The van der Waals surface area contributed by atoms with Crippen molar-refractivity contribution in [3.63, 3.8) is 0 Å². The molecular weight excluding hydrogens is 220 g/mol. The van der Waals surface area contributed by atoms with Crippen LogP contribution < -0.4 is 0 Å². The molecule has 0 aromatic heterocycles. The van der Waals surface area contributed by atoms with E-state index >= 15 is 0 Å². The third-order valence-electron chi connectivity index (χ3n) is 2.26. The summed E-state index contributed by atoms with van der Waals surface area (Å²) in [7, 11) is 1.86. The highest BCUT2D eigenvalue weighted by atomic mass is 35.7. The molecule has 4 heteroatoms. The molecule has 0 rings (SSSR count). The maximum atomic E-state index is 11.3. The molecule has 0 radical (unpaired) electrons. The molecule has 0 aliphatic carbocycles. The largest absolute Gasteiger partial charge is 0.237 e. The van der Waals surface area contributed by atoms with Crippen LogP contribution in [0.3, 0.4) is 0 Å². The molecule has 0 aliphatic rings. The minimum Gasteiger partial charge on any atom is -0.212 e. The van der Waals surface area contributed by atoms with E-state index < -0.39 is 13.8 Å². The van der Waals surface area contributed by atoms with Crippen molar-refractivity contribution in [1.29, 1.82) is 0 Å². The summed E-state index contributed by atoms with van der Waals surface area (Å²) in [6.07, 6.45) is 3.11. The van der Waals surface area contributed by atoms with Gasteiger partial charge >= 0.3 is 0 Å². The SMILES string of the molecule is C=CCC(C)(C)CC(C)(C)S(=O)(=O)Cl. The molecule has 0 saturated heterocycles. The molecule has 0 bridgehead atoms. The van der Waals surface area contributed by atoms with E-state index in [-0.39, 0.29) is 5.41 Å². The zero-order valence-corrected chi connectivity index (χ0v) is 10.9. The third kappa shape index (κ3) is 4.01. The summed E-state index contributed by atoms with van der Waals surface area (Å²) in [5, 5.41) is 0. The molecule has 0 unspecified atom stereocenters. The minimum atomic E-state index is -3.52. The Morgan fingerprint density at radius 1 is 1.29 bits per heavy atom. The van der Waals surface area contributed by atoms with Gasteiger partial charge in [0.05, 0.1) is 4.75 Å². The van der Waals surface area contributed by atoms with Crippen molar-refractivity contribution in [1.82, 2.24) is 0 Å². The van der Waals surface area contributed by atoms with Crippen molar-refractivity contribution >= 4 is 19.7 Å². The lowest BCUT2D eigenvalue weighted by molar-refractivity contribution is 0.301. The van der Waals surface area contributed by atoms with Gasteiger partial charge in [-0.2, -0.15) is 0 Å². The van der Waals surface area contributed by atoms with Crippen LogP contribution in [0.1, 0.15) is 40.5 Å². The summed E-state index contributed by atoms with van der Waals surface area (Å²) in [6, 6.07) is 0. The van der Waals surface area contributed by atoms with Crippen LogP contribution in [0.5, 0.6) is 0 Å². The zero-order chi connectivity index (χ0) is 11.6. The van der Waals surface area contributed by atoms with Crippen LogP contribution in [0, 0.1) is 5.41 Å². The van der Waals surface area contributed by atoms with Gasteiger partial charge < -0.3 is 0 Å². The number of hydrogen-bond donors (Lipinski definition) is 0. The highest BCUT2D eigenvalue weighted by Crippen LogP contribution is 2.37. The van der Waals surface area contributed by atoms with Crippen molar-refractivity contribution < 1.29 is 8.42 Å². The molecule has 84 valence electrons. The second-order valence-electron chi connectivity index (χ2n) is 5.03. The molecule has 0 N–H and O–H groups in total. The molecule has 0 aromatic carbocycles. The van der Waals surface area contributed by atoms with E-state index in [0.29, 0.717) is 6.42 Å². The molecule has 0 amide bonds. The van der Waals surface area contributed by atoms with Crippen LogP contribution in [0.4, 0.5) is 0 Å². The van der Waals surface area contributed by atoms with E-state index in [0.717, 1.165) is 6.42 Å². The van der Waals surface area contributed by atoms with Crippen LogP contribution in [0.15, 0.2) is 12.7 Å². The number of halogens is 1. The normalized spacial score (nSPS) is 14.1. The van der Waals surface area contributed by atoms with E-state index in [1.807, 2.05) is 13.8 Å². The molecule has 0 aliphatic heterocycles. The number of rotatable bonds is 5. The molecule has 0 heterocycles. The summed E-state index contributed by atoms with van der Waals surface area (Å²) in [4.78, 5) is 0. The fraction of sp³-hybridized carbons (Fsp3) is 0.800. The summed E-state index contributed by atoms with van der Waals surface area (Å²) in [6.45, 7) is 11.0. The first kappa shape index (κ1) is 14.0. The molecule has 14 heavy (non-hydrogen) atoms. The molecule has 0 aromatic rings. The maximum Gasteiger partial charge on any atom is 0.237 e. The maximum absolute atomic E-state index is 11.3. The highest BCUT2D eigenvalue weighted by molar-refractivity contribution is 8.14. The standard InChI is InChI=1S/C10H19ClO2S/c1-6-7-9(2,3)8-10(4,5)14(11,12)13/h6H,1,7-8H2,2-5H3. The minimum absolute atomic E-state index is 0.0901. The summed E-state index contributed by atoms with van der Waals surface area (Å²) >= 11 is 0. The zero-order valence-electron chi connectivity index (χ0n) is 9.30. The number of allylic oxidation sites excluding steroid dienone is 1. The van der Waals surface area contributed by atoms with Crippen molar-refractivity contribution in [3.05, 3.63) is 12.7 Å². The van der Waals surface area contributed by atoms with Crippen LogP contribution in [0.2, 0.25) is 0 Å². The van der Waals surface area contributed by atoms with Crippen molar-refractivity contribution in [2.45, 2.75) is 45.3 Å². The molecule has 0 spiro atoms. The van der Waals surface area contributed by atoms with E-state index in [4.69, 9.17) is 10.7 Å². The fourth-order valence-corrected chi connectivity index (χ4v) is 2.43. The fourth-order valence-electron chi connectivity index (χ4n) is 1.70.